The third-order valence-electron chi connectivity index (χ3n) is 3.23. The van der Waals surface area contributed by atoms with Gasteiger partial charge in [-0.1, -0.05) is 12.1 Å². The normalized spacial score (nSPS) is 14.2. The number of ether oxygens (including phenoxy) is 1. The van der Waals surface area contributed by atoms with Crippen LogP contribution >= 0.6 is 12.4 Å². The zero-order valence-corrected chi connectivity index (χ0v) is 12.0. The lowest BCUT2D eigenvalue weighted by Gasteiger charge is -2.25. The van der Waals surface area contributed by atoms with Gasteiger partial charge in [-0.2, -0.15) is 0 Å². The summed E-state index contributed by atoms with van der Waals surface area (Å²) in [6, 6.07) is 8.06. The largest absolute Gasteiger partial charge is 0.497 e. The number of aryl methyl sites for hydroxylation is 1. The highest BCUT2D eigenvalue weighted by molar-refractivity contribution is 5.85. The second kappa shape index (κ2) is 8.02. The zero-order chi connectivity index (χ0) is 12.8. The summed E-state index contributed by atoms with van der Waals surface area (Å²) in [5, 5.41) is 6.07. The summed E-state index contributed by atoms with van der Waals surface area (Å²) in [6.07, 6.45) is 1.92. The minimum absolute atomic E-state index is 0. The molecule has 0 aliphatic carbocycles. The van der Waals surface area contributed by atoms with E-state index in [1.165, 1.54) is 5.56 Å². The summed E-state index contributed by atoms with van der Waals surface area (Å²) in [5.74, 6) is 1.25. The number of amides is 1. The average molecular weight is 285 g/mol. The van der Waals surface area contributed by atoms with Gasteiger partial charge < -0.3 is 15.4 Å². The Bertz CT molecular complexity index is 408. The molecule has 0 aromatic heterocycles. The van der Waals surface area contributed by atoms with Gasteiger partial charge in [-0.05, 0) is 30.5 Å². The van der Waals surface area contributed by atoms with E-state index in [0.29, 0.717) is 0 Å². The summed E-state index contributed by atoms with van der Waals surface area (Å²) >= 11 is 0. The minimum atomic E-state index is 0. The zero-order valence-electron chi connectivity index (χ0n) is 11.1. The van der Waals surface area contributed by atoms with Crippen LogP contribution in [-0.4, -0.2) is 32.7 Å². The topological polar surface area (TPSA) is 50.4 Å². The molecule has 19 heavy (non-hydrogen) atoms. The van der Waals surface area contributed by atoms with Gasteiger partial charge in [0.15, 0.2) is 0 Å². The molecule has 1 fully saturated rings. The van der Waals surface area contributed by atoms with Crippen LogP contribution in [0.4, 0.5) is 0 Å². The van der Waals surface area contributed by atoms with E-state index in [9.17, 15) is 4.79 Å². The van der Waals surface area contributed by atoms with Gasteiger partial charge in [0, 0.05) is 19.6 Å². The number of nitrogens with one attached hydrogen (secondary N) is 2. The van der Waals surface area contributed by atoms with Gasteiger partial charge in [0.1, 0.15) is 5.75 Å². The number of rotatable bonds is 6. The number of benzene rings is 1. The van der Waals surface area contributed by atoms with E-state index in [1.807, 2.05) is 18.2 Å². The van der Waals surface area contributed by atoms with E-state index in [0.717, 1.165) is 38.2 Å². The maximum absolute atomic E-state index is 11.6. The number of hydrogen-bond donors (Lipinski definition) is 2. The molecule has 1 aliphatic rings. The maximum atomic E-state index is 11.6. The van der Waals surface area contributed by atoms with E-state index in [4.69, 9.17) is 4.74 Å². The van der Waals surface area contributed by atoms with Gasteiger partial charge in [-0.25, -0.2) is 0 Å². The second-order valence-electron chi connectivity index (χ2n) is 4.60. The van der Waals surface area contributed by atoms with Crippen molar-refractivity contribution in [3.8, 4) is 5.75 Å². The lowest BCUT2D eigenvalue weighted by atomic mass is 10.0. The van der Waals surface area contributed by atoms with Crippen molar-refractivity contribution in [2.24, 2.45) is 5.92 Å². The fourth-order valence-corrected chi connectivity index (χ4v) is 1.95. The number of halogens is 1. The SMILES string of the molecule is COc1cccc(CCCNC(=O)C2CNC2)c1.Cl. The van der Waals surface area contributed by atoms with Crippen LogP contribution in [0.5, 0.6) is 5.75 Å². The fraction of sp³-hybridized carbons (Fsp3) is 0.500. The summed E-state index contributed by atoms with van der Waals surface area (Å²) in [4.78, 5) is 11.6. The van der Waals surface area contributed by atoms with Crippen LogP contribution in [0.2, 0.25) is 0 Å². The third-order valence-corrected chi connectivity index (χ3v) is 3.23. The molecule has 1 amide bonds. The van der Waals surface area contributed by atoms with E-state index >= 15 is 0 Å². The second-order valence-corrected chi connectivity index (χ2v) is 4.60. The van der Waals surface area contributed by atoms with Crippen LogP contribution in [0.3, 0.4) is 0 Å². The van der Waals surface area contributed by atoms with Crippen LogP contribution < -0.4 is 15.4 Å². The number of methoxy groups -OCH3 is 1. The maximum Gasteiger partial charge on any atom is 0.225 e. The Morgan fingerprint density at radius 2 is 2.26 bits per heavy atom. The van der Waals surface area contributed by atoms with Gasteiger partial charge in [0.25, 0.3) is 0 Å². The Balaban J connectivity index is 0.00000180. The van der Waals surface area contributed by atoms with Crippen molar-refractivity contribution in [3.05, 3.63) is 29.8 Å². The van der Waals surface area contributed by atoms with Crippen molar-refractivity contribution in [2.75, 3.05) is 26.7 Å². The molecule has 0 spiro atoms. The highest BCUT2D eigenvalue weighted by Crippen LogP contribution is 2.13. The van der Waals surface area contributed by atoms with Crippen molar-refractivity contribution in [1.29, 1.82) is 0 Å². The van der Waals surface area contributed by atoms with Crippen LogP contribution in [-0.2, 0) is 11.2 Å². The predicted octanol–water partition coefficient (Wildman–Crippen LogP) is 1.39. The van der Waals surface area contributed by atoms with Crippen LogP contribution in [0.25, 0.3) is 0 Å². The molecule has 1 aromatic rings. The van der Waals surface area contributed by atoms with Gasteiger partial charge in [0.2, 0.25) is 5.91 Å². The molecule has 1 aliphatic heterocycles. The molecule has 0 unspecified atom stereocenters. The Kier molecular flexibility index (Phi) is 6.67. The van der Waals surface area contributed by atoms with Crippen LogP contribution in [0.1, 0.15) is 12.0 Å². The lowest BCUT2D eigenvalue weighted by molar-refractivity contribution is -0.126. The smallest absolute Gasteiger partial charge is 0.225 e. The van der Waals surface area contributed by atoms with E-state index in [2.05, 4.69) is 16.7 Å². The Hall–Kier alpha value is -1.26. The first-order chi connectivity index (χ1) is 8.79. The van der Waals surface area contributed by atoms with Crippen molar-refractivity contribution in [3.63, 3.8) is 0 Å². The number of carbonyl (C=O) groups excluding carboxylic acids is 1. The lowest BCUT2D eigenvalue weighted by Crippen LogP contribution is -2.50. The van der Waals surface area contributed by atoms with Crippen molar-refractivity contribution in [2.45, 2.75) is 12.8 Å². The van der Waals surface area contributed by atoms with Gasteiger partial charge in [0.05, 0.1) is 13.0 Å². The summed E-state index contributed by atoms with van der Waals surface area (Å²) in [7, 11) is 1.67. The molecule has 4 nitrogen and oxygen atoms in total. The molecule has 1 heterocycles. The van der Waals surface area contributed by atoms with Crippen molar-refractivity contribution >= 4 is 18.3 Å². The molecule has 2 N–H and O–H groups in total. The molecule has 2 rings (SSSR count). The Labute approximate surface area is 120 Å². The monoisotopic (exact) mass is 284 g/mol. The molecule has 0 bridgehead atoms. The molecular formula is C14H21ClN2O2. The quantitative estimate of drug-likeness (QED) is 0.776. The first kappa shape index (κ1) is 15.8. The van der Waals surface area contributed by atoms with Crippen LogP contribution in [0.15, 0.2) is 24.3 Å². The van der Waals surface area contributed by atoms with E-state index in [1.54, 1.807) is 7.11 Å². The van der Waals surface area contributed by atoms with Gasteiger partial charge >= 0.3 is 0 Å². The summed E-state index contributed by atoms with van der Waals surface area (Å²) < 4.78 is 5.18. The molecule has 0 atom stereocenters. The van der Waals surface area contributed by atoms with Crippen molar-refractivity contribution in [1.82, 2.24) is 10.6 Å². The number of hydrogen-bond acceptors (Lipinski definition) is 3. The molecule has 106 valence electrons. The molecular weight excluding hydrogens is 264 g/mol. The van der Waals surface area contributed by atoms with Gasteiger partial charge in [-0.3, -0.25) is 4.79 Å². The Morgan fingerprint density at radius 1 is 1.47 bits per heavy atom. The molecule has 0 radical (unpaired) electrons. The minimum Gasteiger partial charge on any atom is -0.497 e. The predicted molar refractivity (Wildman–Crippen MR) is 77.9 cm³/mol. The first-order valence-electron chi connectivity index (χ1n) is 6.41. The third kappa shape index (κ3) is 4.73. The summed E-state index contributed by atoms with van der Waals surface area (Å²) in [6.45, 7) is 2.38. The standard InChI is InChI=1S/C14H20N2O2.ClH/c1-18-13-6-2-4-11(8-13)5-3-7-16-14(17)12-9-15-10-12;/h2,4,6,8,12,15H,3,5,7,9-10H2,1H3,(H,16,17);1H. The summed E-state index contributed by atoms with van der Waals surface area (Å²) in [5.41, 5.74) is 1.24. The van der Waals surface area contributed by atoms with Crippen molar-refractivity contribution < 1.29 is 9.53 Å². The van der Waals surface area contributed by atoms with Crippen LogP contribution in [0, 0.1) is 5.92 Å². The fourth-order valence-electron chi connectivity index (χ4n) is 1.95. The molecule has 1 aromatic carbocycles. The average Bonchev–Trinajstić information content (AvgIpc) is 2.33. The van der Waals surface area contributed by atoms with E-state index < -0.39 is 0 Å². The highest BCUT2D eigenvalue weighted by atomic mass is 35.5. The molecule has 1 saturated heterocycles. The number of carbonyl (C=O) groups is 1. The molecule has 5 heteroatoms. The van der Waals surface area contributed by atoms with Gasteiger partial charge in [-0.15, -0.1) is 12.4 Å². The first-order valence-corrected chi connectivity index (χ1v) is 6.41. The highest BCUT2D eigenvalue weighted by Gasteiger charge is 2.23. The molecule has 0 saturated carbocycles. The Morgan fingerprint density at radius 3 is 2.89 bits per heavy atom. The van der Waals surface area contributed by atoms with E-state index in [-0.39, 0.29) is 24.2 Å².